The first-order valence-electron chi connectivity index (χ1n) is 11.2. The van der Waals surface area contributed by atoms with Crippen LogP contribution in [-0.4, -0.2) is 48.9 Å². The zero-order valence-corrected chi connectivity index (χ0v) is 20.1. The third kappa shape index (κ3) is 4.69. The fourth-order valence-electron chi connectivity index (χ4n) is 4.33. The molecule has 11 heteroatoms. The van der Waals surface area contributed by atoms with Crippen molar-refractivity contribution >= 4 is 39.3 Å². The van der Waals surface area contributed by atoms with Crippen LogP contribution >= 0.6 is 0 Å². The Morgan fingerprint density at radius 3 is 2.43 bits per heavy atom. The van der Waals surface area contributed by atoms with Gasteiger partial charge in [0.25, 0.3) is 5.91 Å². The number of nitrogens with one attached hydrogen (secondary N) is 3. The molecule has 184 valence electrons. The number of nitrogens with zero attached hydrogens (tertiary/aromatic N) is 1. The number of sulfonamides is 1. The Kier molecular flexibility index (Phi) is 6.48. The van der Waals surface area contributed by atoms with Gasteiger partial charge in [-0.3, -0.25) is 19.7 Å². The number of carbonyl (C=O) groups is 4. The van der Waals surface area contributed by atoms with E-state index in [-0.39, 0.29) is 17.2 Å². The van der Waals surface area contributed by atoms with Gasteiger partial charge in [-0.05, 0) is 56.5 Å². The average molecular weight is 499 g/mol. The van der Waals surface area contributed by atoms with Gasteiger partial charge in [0.05, 0.1) is 4.90 Å². The minimum absolute atomic E-state index is 0.0140. The van der Waals surface area contributed by atoms with Crippen molar-refractivity contribution in [2.75, 3.05) is 11.9 Å². The van der Waals surface area contributed by atoms with Crippen LogP contribution in [0.3, 0.4) is 0 Å². The maximum Gasteiger partial charge on any atom is 0.322 e. The number of carbonyl (C=O) groups excluding carboxylic acids is 4. The van der Waals surface area contributed by atoms with Gasteiger partial charge in [-0.2, -0.15) is 4.31 Å². The summed E-state index contributed by atoms with van der Waals surface area (Å²) in [5, 5.41) is 7.53. The van der Waals surface area contributed by atoms with Gasteiger partial charge in [-0.15, -0.1) is 0 Å². The number of ketones is 1. The van der Waals surface area contributed by atoms with E-state index in [0.29, 0.717) is 36.1 Å². The first-order chi connectivity index (χ1) is 16.5. The summed E-state index contributed by atoms with van der Waals surface area (Å²) < 4.78 is 27.9. The highest BCUT2D eigenvalue weighted by atomic mass is 32.2. The fourth-order valence-corrected chi connectivity index (χ4v) is 5.99. The second-order valence-electron chi connectivity index (χ2n) is 8.81. The Balaban J connectivity index is 1.56. The summed E-state index contributed by atoms with van der Waals surface area (Å²) in [6, 6.07) is 10.6. The van der Waals surface area contributed by atoms with E-state index in [9.17, 15) is 27.6 Å². The van der Waals surface area contributed by atoms with Crippen LogP contribution in [0.5, 0.6) is 0 Å². The number of imide groups is 1. The molecule has 2 aromatic carbocycles. The molecule has 35 heavy (non-hydrogen) atoms. The monoisotopic (exact) mass is 498 g/mol. The highest BCUT2D eigenvalue weighted by Crippen LogP contribution is 2.29. The lowest BCUT2D eigenvalue weighted by molar-refractivity contribution is -0.123. The van der Waals surface area contributed by atoms with E-state index in [4.69, 9.17) is 0 Å². The molecule has 2 heterocycles. The smallest absolute Gasteiger partial charge is 0.322 e. The van der Waals surface area contributed by atoms with Gasteiger partial charge >= 0.3 is 6.03 Å². The molecule has 4 rings (SSSR count). The highest BCUT2D eigenvalue weighted by molar-refractivity contribution is 7.89. The van der Waals surface area contributed by atoms with Gasteiger partial charge in [-0.25, -0.2) is 13.2 Å². The molecule has 0 radical (unpaired) electrons. The second-order valence-corrected chi connectivity index (χ2v) is 10.7. The second kappa shape index (κ2) is 9.23. The molecule has 2 aromatic rings. The largest absolute Gasteiger partial charge is 0.325 e. The first kappa shape index (κ1) is 24.6. The van der Waals surface area contributed by atoms with E-state index in [1.54, 1.807) is 31.2 Å². The third-order valence-corrected chi connectivity index (χ3v) is 8.30. The molecule has 10 nitrogen and oxygen atoms in total. The van der Waals surface area contributed by atoms with Crippen molar-refractivity contribution in [3.63, 3.8) is 0 Å². The number of urea groups is 1. The van der Waals surface area contributed by atoms with Gasteiger partial charge in [0.1, 0.15) is 11.6 Å². The fraction of sp³-hybridized carbons (Fsp3) is 0.333. The summed E-state index contributed by atoms with van der Waals surface area (Å²) in [6.07, 6.45) is 1.67. The molecule has 2 saturated heterocycles. The molecule has 4 amide bonds. The summed E-state index contributed by atoms with van der Waals surface area (Å²) in [5.41, 5.74) is -0.0457. The zero-order chi connectivity index (χ0) is 25.4. The van der Waals surface area contributed by atoms with Gasteiger partial charge < -0.3 is 10.6 Å². The number of amides is 4. The van der Waals surface area contributed by atoms with Crippen LogP contribution in [0.4, 0.5) is 10.5 Å². The maximum absolute atomic E-state index is 13.3. The quantitative estimate of drug-likeness (QED) is 0.411. The molecule has 3 N–H and O–H groups in total. The van der Waals surface area contributed by atoms with Crippen molar-refractivity contribution in [2.24, 2.45) is 0 Å². The van der Waals surface area contributed by atoms with E-state index in [1.165, 1.54) is 35.5 Å². The number of Topliss-reactive ketones (excluding diaryl/α,β-unsaturated/α-hetero) is 1. The first-order valence-corrected chi connectivity index (χ1v) is 12.6. The SMILES string of the molecule is CC(=O)c1ccc(S(=O)(=O)N2CCCCC2C(=O)Nc2cccc(C3(C)NC(=O)NC3=O)c2)cc1. The highest BCUT2D eigenvalue weighted by Gasteiger charge is 2.43. The van der Waals surface area contributed by atoms with Gasteiger partial charge in [-0.1, -0.05) is 30.7 Å². The molecule has 2 fully saturated rings. The lowest BCUT2D eigenvalue weighted by Gasteiger charge is -2.33. The maximum atomic E-state index is 13.3. The van der Waals surface area contributed by atoms with Crippen LogP contribution in [0, 0.1) is 0 Å². The summed E-state index contributed by atoms with van der Waals surface area (Å²) in [4.78, 5) is 48.6. The third-order valence-electron chi connectivity index (χ3n) is 6.38. The van der Waals surface area contributed by atoms with E-state index < -0.39 is 39.4 Å². The van der Waals surface area contributed by atoms with E-state index in [1.807, 2.05) is 0 Å². The lowest BCUT2D eigenvalue weighted by Crippen LogP contribution is -2.49. The van der Waals surface area contributed by atoms with Crippen LogP contribution in [0.2, 0.25) is 0 Å². The van der Waals surface area contributed by atoms with Crippen LogP contribution in [-0.2, 0) is 25.2 Å². The summed E-state index contributed by atoms with van der Waals surface area (Å²) in [6.45, 7) is 3.15. The van der Waals surface area contributed by atoms with Crippen molar-refractivity contribution in [1.29, 1.82) is 0 Å². The lowest BCUT2D eigenvalue weighted by atomic mass is 9.92. The molecule has 0 spiro atoms. The van der Waals surface area contributed by atoms with Crippen molar-refractivity contribution < 1.29 is 27.6 Å². The predicted molar refractivity (Wildman–Crippen MR) is 127 cm³/mol. The summed E-state index contributed by atoms with van der Waals surface area (Å²) in [7, 11) is -3.97. The molecule has 0 aliphatic carbocycles. The van der Waals surface area contributed by atoms with E-state index in [0.717, 1.165) is 0 Å². The number of hydrogen-bond acceptors (Lipinski definition) is 6. The minimum atomic E-state index is -3.97. The molecular formula is C24H26N4O6S. The van der Waals surface area contributed by atoms with Crippen molar-refractivity contribution in [3.05, 3.63) is 59.7 Å². The average Bonchev–Trinajstić information content (AvgIpc) is 3.11. The Morgan fingerprint density at radius 1 is 1.09 bits per heavy atom. The Labute approximate surface area is 203 Å². The summed E-state index contributed by atoms with van der Waals surface area (Å²) >= 11 is 0. The molecule has 2 aliphatic heterocycles. The Hall–Kier alpha value is -3.57. The van der Waals surface area contributed by atoms with Gasteiger partial charge in [0, 0.05) is 17.8 Å². The minimum Gasteiger partial charge on any atom is -0.325 e. The van der Waals surface area contributed by atoms with Gasteiger partial charge in [0.15, 0.2) is 5.78 Å². The Bertz CT molecular complexity index is 1310. The summed E-state index contributed by atoms with van der Waals surface area (Å²) in [5.74, 6) is -1.17. The standard InChI is InChI=1S/C24H26N4O6S/c1-15(29)16-9-11-19(12-10-16)35(33,34)28-13-4-3-8-20(28)21(30)25-18-7-5-6-17(14-18)24(2)22(31)26-23(32)27-24/h5-7,9-12,14,20H,3-4,8,13H2,1-2H3,(H,25,30)(H2,26,27,31,32). The van der Waals surface area contributed by atoms with E-state index in [2.05, 4.69) is 16.0 Å². The molecule has 0 saturated carbocycles. The van der Waals surface area contributed by atoms with Gasteiger partial charge in [0.2, 0.25) is 15.9 Å². The number of piperidine rings is 1. The van der Waals surface area contributed by atoms with Crippen LogP contribution in [0.15, 0.2) is 53.4 Å². The van der Waals surface area contributed by atoms with Crippen LogP contribution in [0.25, 0.3) is 0 Å². The van der Waals surface area contributed by atoms with Crippen LogP contribution in [0.1, 0.15) is 49.0 Å². The number of anilines is 1. The molecule has 2 unspecified atom stereocenters. The molecular weight excluding hydrogens is 472 g/mol. The van der Waals surface area contributed by atoms with Crippen LogP contribution < -0.4 is 16.0 Å². The zero-order valence-electron chi connectivity index (χ0n) is 19.3. The Morgan fingerprint density at radius 2 is 1.80 bits per heavy atom. The number of benzene rings is 2. The number of hydrogen-bond donors (Lipinski definition) is 3. The number of rotatable bonds is 6. The van der Waals surface area contributed by atoms with Crippen molar-refractivity contribution in [3.8, 4) is 0 Å². The predicted octanol–water partition coefficient (Wildman–Crippen LogP) is 2.13. The topological polar surface area (TPSA) is 142 Å². The van der Waals surface area contributed by atoms with Crippen molar-refractivity contribution in [2.45, 2.75) is 49.6 Å². The molecule has 0 aromatic heterocycles. The van der Waals surface area contributed by atoms with E-state index >= 15 is 0 Å². The molecule has 0 bridgehead atoms. The molecule has 2 aliphatic rings. The van der Waals surface area contributed by atoms with Crippen molar-refractivity contribution in [1.82, 2.24) is 14.9 Å². The normalized spacial score (nSPS) is 22.9. The molecule has 2 atom stereocenters.